The van der Waals surface area contributed by atoms with Gasteiger partial charge in [0.05, 0.1) is 4.47 Å². The third-order valence-corrected chi connectivity index (χ3v) is 3.17. The summed E-state index contributed by atoms with van der Waals surface area (Å²) in [5.74, 6) is 1.49. The van der Waals surface area contributed by atoms with Crippen LogP contribution < -0.4 is 4.74 Å². The van der Waals surface area contributed by atoms with Crippen LogP contribution >= 0.6 is 31.9 Å². The first-order valence-electron chi connectivity index (χ1n) is 4.57. The molecule has 0 fully saturated rings. The molecule has 0 aliphatic heterocycles. The molecule has 0 radical (unpaired) electrons. The highest BCUT2D eigenvalue weighted by Gasteiger charge is 2.01. The molecule has 0 spiro atoms. The quantitative estimate of drug-likeness (QED) is 0.855. The Labute approximate surface area is 110 Å². The molecule has 82 valence electrons. The number of aromatic hydroxyl groups is 1. The van der Waals surface area contributed by atoms with Crippen LogP contribution in [0.2, 0.25) is 0 Å². The molecule has 0 bridgehead atoms. The van der Waals surface area contributed by atoms with Gasteiger partial charge in [0.1, 0.15) is 17.2 Å². The maximum absolute atomic E-state index is 9.49. The van der Waals surface area contributed by atoms with Gasteiger partial charge in [-0.05, 0) is 52.3 Å². The molecule has 16 heavy (non-hydrogen) atoms. The van der Waals surface area contributed by atoms with Gasteiger partial charge in [0, 0.05) is 10.5 Å². The van der Waals surface area contributed by atoms with Crippen molar-refractivity contribution in [2.75, 3.05) is 0 Å². The van der Waals surface area contributed by atoms with Gasteiger partial charge in [-0.15, -0.1) is 0 Å². The lowest BCUT2D eigenvalue weighted by atomic mass is 10.3. The molecule has 1 N–H and O–H groups in total. The first-order chi connectivity index (χ1) is 7.65. The van der Waals surface area contributed by atoms with Crippen LogP contribution in [0.4, 0.5) is 0 Å². The predicted molar refractivity (Wildman–Crippen MR) is 70.0 cm³/mol. The topological polar surface area (TPSA) is 29.5 Å². The monoisotopic (exact) mass is 342 g/mol. The molecule has 0 amide bonds. The molecule has 0 unspecified atom stereocenters. The highest BCUT2D eigenvalue weighted by Crippen LogP contribution is 2.30. The molecule has 0 aromatic heterocycles. The number of phenols is 1. The fourth-order valence-electron chi connectivity index (χ4n) is 1.19. The average molecular weight is 344 g/mol. The van der Waals surface area contributed by atoms with E-state index in [0.717, 1.165) is 10.2 Å². The molecule has 2 aromatic carbocycles. The number of rotatable bonds is 2. The summed E-state index contributed by atoms with van der Waals surface area (Å²) in [5, 5.41) is 9.49. The first kappa shape index (κ1) is 11.5. The lowest BCUT2D eigenvalue weighted by Gasteiger charge is -2.06. The van der Waals surface area contributed by atoms with Gasteiger partial charge >= 0.3 is 0 Å². The van der Waals surface area contributed by atoms with Crippen LogP contribution in [-0.4, -0.2) is 5.11 Å². The second-order valence-corrected chi connectivity index (χ2v) is 4.94. The third kappa shape index (κ3) is 2.77. The fourth-order valence-corrected chi connectivity index (χ4v) is 1.71. The molecule has 0 saturated heterocycles. The SMILES string of the molecule is Oc1cc(Oc2ccc(Br)cc2)ccc1Br. The van der Waals surface area contributed by atoms with Crippen LogP contribution in [0, 0.1) is 0 Å². The Kier molecular flexibility index (Phi) is 3.51. The summed E-state index contributed by atoms with van der Waals surface area (Å²) in [6.45, 7) is 0. The van der Waals surface area contributed by atoms with Crippen LogP contribution in [0.25, 0.3) is 0 Å². The van der Waals surface area contributed by atoms with Gasteiger partial charge in [-0.3, -0.25) is 0 Å². The second kappa shape index (κ2) is 4.89. The summed E-state index contributed by atoms with van der Waals surface area (Å²) in [6.07, 6.45) is 0. The van der Waals surface area contributed by atoms with E-state index < -0.39 is 0 Å². The molecule has 0 saturated carbocycles. The Morgan fingerprint density at radius 3 is 2.12 bits per heavy atom. The standard InChI is InChI=1S/C12H8Br2O2/c13-8-1-3-9(4-2-8)16-10-5-6-11(14)12(15)7-10/h1-7,15H. The Morgan fingerprint density at radius 1 is 0.875 bits per heavy atom. The minimum atomic E-state index is 0.162. The van der Waals surface area contributed by atoms with Crippen molar-refractivity contribution in [2.24, 2.45) is 0 Å². The van der Waals surface area contributed by atoms with E-state index in [4.69, 9.17) is 4.74 Å². The predicted octanol–water partition coefficient (Wildman–Crippen LogP) is 4.71. The maximum atomic E-state index is 9.49. The number of hydrogen-bond donors (Lipinski definition) is 1. The molecule has 0 heterocycles. The Morgan fingerprint density at radius 2 is 1.50 bits per heavy atom. The average Bonchev–Trinajstić information content (AvgIpc) is 2.27. The second-order valence-electron chi connectivity index (χ2n) is 3.17. The van der Waals surface area contributed by atoms with E-state index >= 15 is 0 Å². The van der Waals surface area contributed by atoms with Gasteiger partial charge in [0.2, 0.25) is 0 Å². The molecular formula is C12H8Br2O2. The molecule has 0 atom stereocenters. The van der Waals surface area contributed by atoms with Gasteiger partial charge in [-0.25, -0.2) is 0 Å². The summed E-state index contributed by atoms with van der Waals surface area (Å²) in [5.41, 5.74) is 0. The Bertz CT molecular complexity index is 495. The highest BCUT2D eigenvalue weighted by molar-refractivity contribution is 9.10. The molecule has 2 nitrogen and oxygen atoms in total. The van der Waals surface area contributed by atoms with Crippen LogP contribution in [0.5, 0.6) is 17.2 Å². The van der Waals surface area contributed by atoms with Crippen LogP contribution in [-0.2, 0) is 0 Å². The molecule has 0 aliphatic carbocycles. The summed E-state index contributed by atoms with van der Waals surface area (Å²) >= 11 is 6.56. The van der Waals surface area contributed by atoms with Crippen molar-refractivity contribution in [1.82, 2.24) is 0 Å². The molecule has 0 aliphatic rings. The van der Waals surface area contributed by atoms with Gasteiger partial charge < -0.3 is 9.84 Å². The summed E-state index contributed by atoms with van der Waals surface area (Å²) in [4.78, 5) is 0. The Hall–Kier alpha value is -1.00. The highest BCUT2D eigenvalue weighted by atomic mass is 79.9. The zero-order valence-electron chi connectivity index (χ0n) is 8.15. The number of phenolic OH excluding ortho intramolecular Hbond substituents is 1. The van der Waals surface area contributed by atoms with Gasteiger partial charge in [-0.1, -0.05) is 15.9 Å². The van der Waals surface area contributed by atoms with E-state index in [0.29, 0.717) is 10.2 Å². The Balaban J connectivity index is 2.20. The first-order valence-corrected chi connectivity index (χ1v) is 6.16. The van der Waals surface area contributed by atoms with E-state index in [-0.39, 0.29) is 5.75 Å². The largest absolute Gasteiger partial charge is 0.507 e. The fraction of sp³-hybridized carbons (Fsp3) is 0. The van der Waals surface area contributed by atoms with Crippen LogP contribution in [0.3, 0.4) is 0 Å². The summed E-state index contributed by atoms with van der Waals surface area (Å²) < 4.78 is 7.21. The maximum Gasteiger partial charge on any atom is 0.133 e. The summed E-state index contributed by atoms with van der Waals surface area (Å²) in [7, 11) is 0. The molecule has 4 heteroatoms. The van der Waals surface area contributed by atoms with Crippen molar-refractivity contribution in [3.05, 3.63) is 51.4 Å². The van der Waals surface area contributed by atoms with Crippen molar-refractivity contribution in [1.29, 1.82) is 0 Å². The number of ether oxygens (including phenoxy) is 1. The van der Waals surface area contributed by atoms with Gasteiger partial charge in [0.25, 0.3) is 0 Å². The van der Waals surface area contributed by atoms with E-state index in [2.05, 4.69) is 31.9 Å². The molecular weight excluding hydrogens is 336 g/mol. The van der Waals surface area contributed by atoms with Crippen LogP contribution in [0.15, 0.2) is 51.4 Å². The van der Waals surface area contributed by atoms with Crippen molar-refractivity contribution < 1.29 is 9.84 Å². The van der Waals surface area contributed by atoms with E-state index in [1.54, 1.807) is 18.2 Å². The zero-order chi connectivity index (χ0) is 11.5. The summed E-state index contributed by atoms with van der Waals surface area (Å²) in [6, 6.07) is 12.6. The van der Waals surface area contributed by atoms with Crippen molar-refractivity contribution in [2.45, 2.75) is 0 Å². The van der Waals surface area contributed by atoms with Crippen molar-refractivity contribution in [3.8, 4) is 17.2 Å². The lowest BCUT2D eigenvalue weighted by molar-refractivity contribution is 0.453. The minimum Gasteiger partial charge on any atom is -0.507 e. The molecule has 2 aromatic rings. The van der Waals surface area contributed by atoms with Crippen LogP contribution in [0.1, 0.15) is 0 Å². The van der Waals surface area contributed by atoms with E-state index in [1.807, 2.05) is 24.3 Å². The van der Waals surface area contributed by atoms with Crippen molar-refractivity contribution in [3.63, 3.8) is 0 Å². The van der Waals surface area contributed by atoms with Gasteiger partial charge in [0.15, 0.2) is 0 Å². The number of benzene rings is 2. The van der Waals surface area contributed by atoms with E-state index in [9.17, 15) is 5.11 Å². The third-order valence-electron chi connectivity index (χ3n) is 1.97. The normalized spacial score (nSPS) is 10.1. The smallest absolute Gasteiger partial charge is 0.133 e. The number of hydrogen-bond acceptors (Lipinski definition) is 2. The minimum absolute atomic E-state index is 0.162. The number of halogens is 2. The van der Waals surface area contributed by atoms with Gasteiger partial charge in [-0.2, -0.15) is 0 Å². The lowest BCUT2D eigenvalue weighted by Crippen LogP contribution is -1.83. The molecule has 2 rings (SSSR count). The van der Waals surface area contributed by atoms with Crippen molar-refractivity contribution >= 4 is 31.9 Å². The zero-order valence-corrected chi connectivity index (χ0v) is 11.3. The van der Waals surface area contributed by atoms with E-state index in [1.165, 1.54) is 0 Å².